The molecule has 0 radical (unpaired) electrons. The Morgan fingerprint density at radius 1 is 1.21 bits per heavy atom. The second-order valence-electron chi connectivity index (χ2n) is 3.82. The summed E-state index contributed by atoms with van der Waals surface area (Å²) in [5.74, 6) is -0.566. The van der Waals surface area contributed by atoms with Crippen LogP contribution in [-0.2, 0) is 14.8 Å². The Morgan fingerprint density at radius 3 is 2.37 bits per heavy atom. The lowest BCUT2D eigenvalue weighted by molar-refractivity contribution is -0.120. The normalized spacial score (nSPS) is 19.1. The molecule has 0 aromatic heterocycles. The predicted octanol–water partition coefficient (Wildman–Crippen LogP) is -0.174. The lowest BCUT2D eigenvalue weighted by Crippen LogP contribution is -2.41. The first kappa shape index (κ1) is 13.8. The van der Waals surface area contributed by atoms with Gasteiger partial charge in [0, 0.05) is 11.6 Å². The Balaban J connectivity index is 2.04. The van der Waals surface area contributed by atoms with Crippen LogP contribution in [-0.4, -0.2) is 32.9 Å². The number of halogens is 1. The van der Waals surface area contributed by atoms with Gasteiger partial charge in [-0.25, -0.2) is 17.9 Å². The number of sulfonamides is 1. The molecule has 3 N–H and O–H groups in total. The van der Waals surface area contributed by atoms with E-state index >= 15 is 0 Å². The molecule has 1 unspecified atom stereocenters. The van der Waals surface area contributed by atoms with E-state index in [2.05, 4.69) is 10.0 Å². The van der Waals surface area contributed by atoms with Crippen molar-refractivity contribution in [3.63, 3.8) is 0 Å². The standard InChI is InChI=1S/C10H10ClN3O4S/c11-6-1-3-7(4-2-6)19(17,18)12-5-8-9(15)14-10(16)13-8/h1-4,8,12H,5H2,(H2,13,14,15,16). The fourth-order valence-corrected chi connectivity index (χ4v) is 2.67. The number of hydrogen-bond donors (Lipinski definition) is 3. The largest absolute Gasteiger partial charge is 0.325 e. The molecule has 1 atom stereocenters. The van der Waals surface area contributed by atoms with E-state index in [4.69, 9.17) is 11.6 Å². The van der Waals surface area contributed by atoms with E-state index < -0.39 is 28.0 Å². The van der Waals surface area contributed by atoms with Crippen LogP contribution in [0, 0.1) is 0 Å². The molecular weight excluding hydrogens is 294 g/mol. The van der Waals surface area contributed by atoms with Crippen molar-refractivity contribution < 1.29 is 18.0 Å². The highest BCUT2D eigenvalue weighted by molar-refractivity contribution is 7.89. The van der Waals surface area contributed by atoms with Crippen LogP contribution in [0.2, 0.25) is 5.02 Å². The Hall–Kier alpha value is -1.64. The van der Waals surface area contributed by atoms with E-state index in [1.54, 1.807) is 0 Å². The molecule has 2 rings (SSSR count). The van der Waals surface area contributed by atoms with Gasteiger partial charge in [-0.3, -0.25) is 10.1 Å². The maximum atomic E-state index is 11.9. The number of hydrogen-bond acceptors (Lipinski definition) is 4. The van der Waals surface area contributed by atoms with E-state index in [0.29, 0.717) is 5.02 Å². The fourth-order valence-electron chi connectivity index (χ4n) is 1.49. The average Bonchev–Trinajstić information content (AvgIpc) is 2.66. The van der Waals surface area contributed by atoms with Crippen LogP contribution in [0.25, 0.3) is 0 Å². The number of imide groups is 1. The minimum Gasteiger partial charge on any atom is -0.325 e. The van der Waals surface area contributed by atoms with Gasteiger partial charge in [0.25, 0.3) is 5.91 Å². The first-order valence-corrected chi connectivity index (χ1v) is 7.11. The minimum absolute atomic E-state index is 0.0293. The molecule has 1 aliphatic rings. The van der Waals surface area contributed by atoms with Gasteiger partial charge in [0.15, 0.2) is 0 Å². The van der Waals surface area contributed by atoms with Gasteiger partial charge in [-0.15, -0.1) is 0 Å². The average molecular weight is 304 g/mol. The van der Waals surface area contributed by atoms with E-state index in [-0.39, 0.29) is 11.4 Å². The quantitative estimate of drug-likeness (QED) is 0.671. The zero-order valence-corrected chi connectivity index (χ0v) is 11.1. The van der Waals surface area contributed by atoms with Crippen molar-refractivity contribution in [3.05, 3.63) is 29.3 Å². The van der Waals surface area contributed by atoms with Crippen molar-refractivity contribution in [2.75, 3.05) is 6.54 Å². The highest BCUT2D eigenvalue weighted by Crippen LogP contribution is 2.13. The van der Waals surface area contributed by atoms with Crippen LogP contribution in [0.5, 0.6) is 0 Å². The van der Waals surface area contributed by atoms with E-state index in [0.717, 1.165) is 0 Å². The Morgan fingerprint density at radius 2 is 1.84 bits per heavy atom. The van der Waals surface area contributed by atoms with E-state index in [1.807, 2.05) is 5.32 Å². The third-order valence-electron chi connectivity index (χ3n) is 2.46. The van der Waals surface area contributed by atoms with Crippen molar-refractivity contribution in [1.82, 2.24) is 15.4 Å². The Kier molecular flexibility index (Phi) is 3.74. The van der Waals surface area contributed by atoms with Crippen LogP contribution in [0.3, 0.4) is 0 Å². The second-order valence-corrected chi connectivity index (χ2v) is 6.02. The van der Waals surface area contributed by atoms with Crippen molar-refractivity contribution >= 4 is 33.6 Å². The van der Waals surface area contributed by atoms with Crippen LogP contribution >= 0.6 is 11.6 Å². The topological polar surface area (TPSA) is 104 Å². The molecule has 102 valence electrons. The fraction of sp³-hybridized carbons (Fsp3) is 0.200. The molecule has 1 saturated heterocycles. The lowest BCUT2D eigenvalue weighted by Gasteiger charge is -2.09. The molecule has 19 heavy (non-hydrogen) atoms. The highest BCUT2D eigenvalue weighted by Gasteiger charge is 2.30. The van der Waals surface area contributed by atoms with Crippen LogP contribution in [0.1, 0.15) is 0 Å². The summed E-state index contributed by atoms with van der Waals surface area (Å²) in [5, 5.41) is 4.72. The monoisotopic (exact) mass is 303 g/mol. The summed E-state index contributed by atoms with van der Waals surface area (Å²) in [4.78, 5) is 22.1. The van der Waals surface area contributed by atoms with Crippen LogP contribution < -0.4 is 15.4 Å². The van der Waals surface area contributed by atoms with Gasteiger partial charge in [0.2, 0.25) is 10.0 Å². The summed E-state index contributed by atoms with van der Waals surface area (Å²) in [6.45, 7) is -0.220. The molecule has 0 spiro atoms. The lowest BCUT2D eigenvalue weighted by atomic mass is 10.3. The number of carbonyl (C=O) groups is 2. The van der Waals surface area contributed by atoms with Gasteiger partial charge < -0.3 is 5.32 Å². The Labute approximate surface area is 114 Å². The maximum absolute atomic E-state index is 11.9. The number of rotatable bonds is 4. The molecule has 0 bridgehead atoms. The van der Waals surface area contributed by atoms with Gasteiger partial charge >= 0.3 is 6.03 Å². The van der Waals surface area contributed by atoms with Gasteiger partial charge in [0.1, 0.15) is 6.04 Å². The van der Waals surface area contributed by atoms with Crippen molar-refractivity contribution in [1.29, 1.82) is 0 Å². The summed E-state index contributed by atoms with van der Waals surface area (Å²) < 4.78 is 26.0. The summed E-state index contributed by atoms with van der Waals surface area (Å²) in [5.41, 5.74) is 0. The number of nitrogens with one attached hydrogen (secondary N) is 3. The molecule has 0 aliphatic carbocycles. The zero-order valence-electron chi connectivity index (χ0n) is 9.51. The smallest absolute Gasteiger partial charge is 0.322 e. The van der Waals surface area contributed by atoms with Crippen molar-refractivity contribution in [2.24, 2.45) is 0 Å². The zero-order chi connectivity index (χ0) is 14.0. The molecule has 7 nitrogen and oxygen atoms in total. The van der Waals surface area contributed by atoms with Crippen LogP contribution in [0.4, 0.5) is 4.79 Å². The third-order valence-corrected chi connectivity index (χ3v) is 4.15. The molecule has 1 aromatic carbocycles. The summed E-state index contributed by atoms with van der Waals surface area (Å²) >= 11 is 5.66. The first-order valence-electron chi connectivity index (χ1n) is 5.25. The molecule has 1 aliphatic heterocycles. The SMILES string of the molecule is O=C1NC(=O)C(CNS(=O)(=O)c2ccc(Cl)cc2)N1. The third kappa shape index (κ3) is 3.22. The van der Waals surface area contributed by atoms with E-state index in [9.17, 15) is 18.0 Å². The second kappa shape index (κ2) is 5.16. The first-order chi connectivity index (χ1) is 8.88. The van der Waals surface area contributed by atoms with E-state index in [1.165, 1.54) is 24.3 Å². The predicted molar refractivity (Wildman–Crippen MR) is 67.1 cm³/mol. The summed E-state index contributed by atoms with van der Waals surface area (Å²) in [6.07, 6.45) is 0. The van der Waals surface area contributed by atoms with Gasteiger partial charge in [-0.1, -0.05) is 11.6 Å². The number of benzene rings is 1. The molecule has 1 fully saturated rings. The number of amides is 3. The van der Waals surface area contributed by atoms with Gasteiger partial charge in [0.05, 0.1) is 4.90 Å². The Bertz CT molecular complexity index is 614. The molecule has 3 amide bonds. The van der Waals surface area contributed by atoms with Crippen molar-refractivity contribution in [3.8, 4) is 0 Å². The summed E-state index contributed by atoms with van der Waals surface area (Å²) in [6, 6.07) is 4.03. The molecule has 1 aromatic rings. The molecule has 9 heteroatoms. The van der Waals surface area contributed by atoms with Gasteiger partial charge in [-0.2, -0.15) is 0 Å². The maximum Gasteiger partial charge on any atom is 0.322 e. The van der Waals surface area contributed by atoms with Crippen LogP contribution in [0.15, 0.2) is 29.2 Å². The molecular formula is C10H10ClN3O4S. The number of urea groups is 1. The highest BCUT2D eigenvalue weighted by atomic mass is 35.5. The van der Waals surface area contributed by atoms with Gasteiger partial charge in [-0.05, 0) is 24.3 Å². The van der Waals surface area contributed by atoms with Crippen molar-refractivity contribution in [2.45, 2.75) is 10.9 Å². The summed E-state index contributed by atoms with van der Waals surface area (Å²) in [7, 11) is -3.75. The molecule has 0 saturated carbocycles. The number of carbonyl (C=O) groups excluding carboxylic acids is 2. The minimum atomic E-state index is -3.75. The molecule has 1 heterocycles.